The minimum atomic E-state index is -3.52. The maximum absolute atomic E-state index is 12.3. The zero-order valence-electron chi connectivity index (χ0n) is 11.2. The molecule has 0 unspecified atom stereocenters. The Bertz CT molecular complexity index is 575. The monoisotopic (exact) mass is 299 g/mol. The highest BCUT2D eigenvalue weighted by atomic mass is 32.2. The lowest BCUT2D eigenvalue weighted by Gasteiger charge is -2.37. The molecular weight excluding hydrogens is 282 g/mol. The normalized spacial score (nSPS) is 16.6. The lowest BCUT2D eigenvalue weighted by atomic mass is 10.00. The van der Waals surface area contributed by atoms with E-state index in [0.29, 0.717) is 12.4 Å². The third kappa shape index (κ3) is 3.10. The second kappa shape index (κ2) is 5.80. The van der Waals surface area contributed by atoms with E-state index in [1.54, 1.807) is 12.1 Å². The average molecular weight is 299 g/mol. The number of carboxylic acid groups (broad SMARTS) is 1. The molecule has 1 heterocycles. The van der Waals surface area contributed by atoms with Crippen molar-refractivity contribution in [3.63, 3.8) is 0 Å². The fourth-order valence-corrected chi connectivity index (χ4v) is 3.71. The van der Waals surface area contributed by atoms with E-state index in [0.717, 1.165) is 0 Å². The van der Waals surface area contributed by atoms with Crippen LogP contribution in [0.2, 0.25) is 0 Å². The molecular formula is C13H17NO5S. The molecule has 0 radical (unpaired) electrons. The second-order valence-corrected chi connectivity index (χ2v) is 6.63. The van der Waals surface area contributed by atoms with Gasteiger partial charge in [0.1, 0.15) is 5.75 Å². The number of rotatable bonds is 6. The number of hydrogen-bond donors (Lipinski definition) is 1. The SMILES string of the molecule is CCOc1ccc(S(=O)(=O)N2CC(CC(=O)O)C2)cc1. The highest BCUT2D eigenvalue weighted by molar-refractivity contribution is 7.89. The van der Waals surface area contributed by atoms with E-state index in [1.165, 1.54) is 16.4 Å². The van der Waals surface area contributed by atoms with Crippen LogP contribution >= 0.6 is 0 Å². The molecule has 1 fully saturated rings. The Morgan fingerprint density at radius 1 is 1.35 bits per heavy atom. The van der Waals surface area contributed by atoms with Crippen molar-refractivity contribution >= 4 is 16.0 Å². The van der Waals surface area contributed by atoms with Gasteiger partial charge in [-0.1, -0.05) is 0 Å². The van der Waals surface area contributed by atoms with E-state index in [-0.39, 0.29) is 30.3 Å². The van der Waals surface area contributed by atoms with Crippen LogP contribution in [0.15, 0.2) is 29.2 Å². The summed E-state index contributed by atoms with van der Waals surface area (Å²) in [6.45, 7) is 2.91. The van der Waals surface area contributed by atoms with Gasteiger partial charge in [-0.25, -0.2) is 8.42 Å². The van der Waals surface area contributed by atoms with E-state index in [9.17, 15) is 13.2 Å². The Kier molecular flexibility index (Phi) is 4.29. The summed E-state index contributed by atoms with van der Waals surface area (Å²) in [5.41, 5.74) is 0. The van der Waals surface area contributed by atoms with Gasteiger partial charge in [0.15, 0.2) is 0 Å². The molecule has 0 bridgehead atoms. The van der Waals surface area contributed by atoms with Crippen LogP contribution in [0, 0.1) is 5.92 Å². The molecule has 1 aliphatic rings. The highest BCUT2D eigenvalue weighted by Gasteiger charge is 2.37. The van der Waals surface area contributed by atoms with E-state index in [4.69, 9.17) is 9.84 Å². The maximum atomic E-state index is 12.3. The largest absolute Gasteiger partial charge is 0.494 e. The van der Waals surface area contributed by atoms with Gasteiger partial charge in [0.2, 0.25) is 10.0 Å². The molecule has 6 nitrogen and oxygen atoms in total. The summed E-state index contributed by atoms with van der Waals surface area (Å²) in [5.74, 6) is -0.364. The van der Waals surface area contributed by atoms with E-state index < -0.39 is 16.0 Å². The number of aliphatic carboxylic acids is 1. The number of benzene rings is 1. The first-order chi connectivity index (χ1) is 9.43. The molecule has 0 saturated carbocycles. The highest BCUT2D eigenvalue weighted by Crippen LogP contribution is 2.27. The molecule has 1 N–H and O–H groups in total. The van der Waals surface area contributed by atoms with Crippen LogP contribution < -0.4 is 4.74 Å². The molecule has 0 atom stereocenters. The number of nitrogens with zero attached hydrogens (tertiary/aromatic N) is 1. The van der Waals surface area contributed by atoms with Gasteiger partial charge in [-0.05, 0) is 37.1 Å². The second-order valence-electron chi connectivity index (χ2n) is 4.69. The summed E-state index contributed by atoms with van der Waals surface area (Å²) in [7, 11) is -3.52. The Labute approximate surface area is 118 Å². The summed E-state index contributed by atoms with van der Waals surface area (Å²) >= 11 is 0. The van der Waals surface area contributed by atoms with Crippen LogP contribution in [-0.2, 0) is 14.8 Å². The predicted octanol–water partition coefficient (Wildman–Crippen LogP) is 1.18. The van der Waals surface area contributed by atoms with Crippen LogP contribution in [0.25, 0.3) is 0 Å². The molecule has 0 aliphatic carbocycles. The zero-order chi connectivity index (χ0) is 14.8. The summed E-state index contributed by atoms with van der Waals surface area (Å²) in [6, 6.07) is 6.24. The molecule has 0 aromatic heterocycles. The summed E-state index contributed by atoms with van der Waals surface area (Å²) in [6.07, 6.45) is 0.00922. The number of ether oxygens (including phenoxy) is 1. The van der Waals surface area contributed by atoms with Gasteiger partial charge in [-0.15, -0.1) is 0 Å². The van der Waals surface area contributed by atoms with Gasteiger partial charge >= 0.3 is 5.97 Å². The quantitative estimate of drug-likeness (QED) is 0.852. The molecule has 1 aromatic rings. The molecule has 0 spiro atoms. The molecule has 0 amide bonds. The first-order valence-corrected chi connectivity index (χ1v) is 7.82. The fraction of sp³-hybridized carbons (Fsp3) is 0.462. The number of hydrogen-bond acceptors (Lipinski definition) is 4. The van der Waals surface area contributed by atoms with Gasteiger partial charge in [0.25, 0.3) is 0 Å². The van der Waals surface area contributed by atoms with Crippen molar-refractivity contribution in [2.75, 3.05) is 19.7 Å². The number of sulfonamides is 1. The number of carboxylic acids is 1. The standard InChI is InChI=1S/C13H17NO5S/c1-2-19-11-3-5-12(6-4-11)20(17,18)14-8-10(9-14)7-13(15)16/h3-6,10H,2,7-9H2,1H3,(H,15,16). The first kappa shape index (κ1) is 14.8. The smallest absolute Gasteiger partial charge is 0.303 e. The third-order valence-electron chi connectivity index (χ3n) is 3.16. The van der Waals surface area contributed by atoms with Crippen molar-refractivity contribution < 1.29 is 23.1 Å². The van der Waals surface area contributed by atoms with Crippen LogP contribution in [0.3, 0.4) is 0 Å². The minimum Gasteiger partial charge on any atom is -0.494 e. The maximum Gasteiger partial charge on any atom is 0.303 e. The Hall–Kier alpha value is -1.60. The first-order valence-electron chi connectivity index (χ1n) is 6.38. The van der Waals surface area contributed by atoms with Gasteiger partial charge < -0.3 is 9.84 Å². The molecule has 110 valence electrons. The molecule has 1 aromatic carbocycles. The van der Waals surface area contributed by atoms with Crippen LogP contribution in [0.5, 0.6) is 5.75 Å². The van der Waals surface area contributed by atoms with Crippen LogP contribution in [0.4, 0.5) is 0 Å². The topological polar surface area (TPSA) is 83.9 Å². The van der Waals surface area contributed by atoms with Gasteiger partial charge in [0.05, 0.1) is 17.9 Å². The fourth-order valence-electron chi connectivity index (χ4n) is 2.12. The summed E-state index contributed by atoms with van der Waals surface area (Å²) in [5, 5.41) is 8.65. The van der Waals surface area contributed by atoms with Crippen LogP contribution in [-0.4, -0.2) is 43.5 Å². The van der Waals surface area contributed by atoms with Crippen molar-refractivity contribution in [1.29, 1.82) is 0 Å². The minimum absolute atomic E-state index is 0.00922. The summed E-state index contributed by atoms with van der Waals surface area (Å²) in [4.78, 5) is 10.7. The van der Waals surface area contributed by atoms with E-state index >= 15 is 0 Å². The van der Waals surface area contributed by atoms with Crippen LogP contribution in [0.1, 0.15) is 13.3 Å². The molecule has 20 heavy (non-hydrogen) atoms. The zero-order valence-corrected chi connectivity index (χ0v) is 12.0. The van der Waals surface area contributed by atoms with Crippen molar-refractivity contribution in [2.24, 2.45) is 5.92 Å². The van der Waals surface area contributed by atoms with Gasteiger partial charge in [-0.3, -0.25) is 4.79 Å². The van der Waals surface area contributed by atoms with E-state index in [1.807, 2.05) is 6.92 Å². The van der Waals surface area contributed by atoms with Crippen molar-refractivity contribution in [3.8, 4) is 5.75 Å². The predicted molar refractivity (Wildman–Crippen MR) is 72.1 cm³/mol. The van der Waals surface area contributed by atoms with Crippen molar-refractivity contribution in [1.82, 2.24) is 4.31 Å². The lowest BCUT2D eigenvalue weighted by molar-refractivity contribution is -0.139. The Balaban J connectivity index is 2.03. The van der Waals surface area contributed by atoms with Crippen molar-refractivity contribution in [2.45, 2.75) is 18.2 Å². The van der Waals surface area contributed by atoms with Gasteiger partial charge in [-0.2, -0.15) is 4.31 Å². The number of carbonyl (C=O) groups is 1. The molecule has 1 saturated heterocycles. The third-order valence-corrected chi connectivity index (χ3v) is 5.01. The average Bonchev–Trinajstić information content (AvgIpc) is 2.34. The molecule has 2 rings (SSSR count). The Morgan fingerprint density at radius 3 is 2.45 bits per heavy atom. The lowest BCUT2D eigenvalue weighted by Crippen LogP contribution is -2.50. The van der Waals surface area contributed by atoms with Gasteiger partial charge in [0, 0.05) is 13.1 Å². The molecule has 1 aliphatic heterocycles. The van der Waals surface area contributed by atoms with E-state index in [2.05, 4.69) is 0 Å². The Morgan fingerprint density at radius 2 is 1.95 bits per heavy atom. The van der Waals surface area contributed by atoms with Crippen molar-refractivity contribution in [3.05, 3.63) is 24.3 Å². The summed E-state index contributed by atoms with van der Waals surface area (Å²) < 4.78 is 31.1. The molecule has 7 heteroatoms.